The van der Waals surface area contributed by atoms with Crippen LogP contribution in [-0.2, 0) is 65.4 Å². The number of aliphatic hydroxyl groups is 1. The standard InChI is InChI=1S/C82H160O17P2/c1-9-75(8)61-53-45-37-28-24-20-16-12-10-11-13-17-22-26-30-39-48-56-64-81(86)98-77(68-92-79(84)62-54-46-38-29-25-21-18-14-15-19-23-27-34-42-50-58-72(2)3)70-96-100(88,89)94-66-76(83)67-95-101(90,91)97-71-78(69-93-80(85)63-55-47-41-33-36-44-52-60-74(6)7)99-82(87)65-57-49-40-32-31-35-43-51-59-73(4)5/h72-78,83H,9-71H2,1-8H3,(H,88,89)(H,90,91)/t75?,76?,77-,78-/m1/s1. The normalized spacial score (nSPS) is 14.3. The van der Waals surface area contributed by atoms with Crippen molar-refractivity contribution < 1.29 is 80.2 Å². The van der Waals surface area contributed by atoms with Crippen LogP contribution in [-0.4, -0.2) is 96.7 Å². The van der Waals surface area contributed by atoms with Crippen molar-refractivity contribution >= 4 is 39.5 Å². The molecule has 0 aliphatic carbocycles. The smallest absolute Gasteiger partial charge is 0.462 e. The van der Waals surface area contributed by atoms with Crippen LogP contribution in [0.3, 0.4) is 0 Å². The molecule has 19 heteroatoms. The Morgan fingerprint density at radius 3 is 0.703 bits per heavy atom. The molecule has 0 rings (SSSR count). The first-order valence-electron chi connectivity index (χ1n) is 42.2. The number of carbonyl (C=O) groups is 4. The highest BCUT2D eigenvalue weighted by molar-refractivity contribution is 7.47. The highest BCUT2D eigenvalue weighted by Crippen LogP contribution is 2.45. The van der Waals surface area contributed by atoms with E-state index >= 15 is 0 Å². The van der Waals surface area contributed by atoms with Gasteiger partial charge < -0.3 is 33.8 Å². The van der Waals surface area contributed by atoms with Gasteiger partial charge in [-0.05, 0) is 49.4 Å². The van der Waals surface area contributed by atoms with Crippen LogP contribution < -0.4 is 0 Å². The van der Waals surface area contributed by atoms with Gasteiger partial charge in [0.25, 0.3) is 0 Å². The summed E-state index contributed by atoms with van der Waals surface area (Å²) in [7, 11) is -9.92. The molecule has 4 unspecified atom stereocenters. The van der Waals surface area contributed by atoms with Gasteiger partial charge in [0.15, 0.2) is 12.2 Å². The lowest BCUT2D eigenvalue weighted by Crippen LogP contribution is -2.30. The molecule has 101 heavy (non-hydrogen) atoms. The minimum Gasteiger partial charge on any atom is -0.462 e. The second kappa shape index (κ2) is 71.0. The largest absolute Gasteiger partial charge is 0.472 e. The molecule has 600 valence electrons. The van der Waals surface area contributed by atoms with E-state index in [2.05, 4.69) is 55.4 Å². The molecule has 0 spiro atoms. The van der Waals surface area contributed by atoms with E-state index in [-0.39, 0.29) is 25.7 Å². The minimum absolute atomic E-state index is 0.104. The number of rotatable bonds is 79. The molecule has 6 atom stereocenters. The lowest BCUT2D eigenvalue weighted by atomic mass is 9.99. The molecule has 0 radical (unpaired) electrons. The SMILES string of the molecule is CCC(C)CCCCCCCCCCCCCCCCCCCCC(=O)O[C@H](COC(=O)CCCCCCCCCCCCCCCCCC(C)C)COP(=O)(O)OCC(O)COP(=O)(O)OC[C@@H](COC(=O)CCCCCCCCCC(C)C)OC(=O)CCCCCCCCCCC(C)C. The number of hydrogen-bond donors (Lipinski definition) is 3. The van der Waals surface area contributed by atoms with Crippen molar-refractivity contribution in [2.45, 2.75) is 440 Å². The van der Waals surface area contributed by atoms with Gasteiger partial charge in [-0.25, -0.2) is 9.13 Å². The maximum absolute atomic E-state index is 13.1. The number of ether oxygens (including phenoxy) is 4. The predicted molar refractivity (Wildman–Crippen MR) is 414 cm³/mol. The lowest BCUT2D eigenvalue weighted by Gasteiger charge is -2.21. The number of unbranched alkanes of at least 4 members (excludes halogenated alkanes) is 44. The Morgan fingerprint density at radius 2 is 0.475 bits per heavy atom. The van der Waals surface area contributed by atoms with Crippen LogP contribution >= 0.6 is 15.6 Å². The number of hydrogen-bond acceptors (Lipinski definition) is 15. The highest BCUT2D eigenvalue weighted by Gasteiger charge is 2.30. The van der Waals surface area contributed by atoms with E-state index in [1.165, 1.54) is 218 Å². The highest BCUT2D eigenvalue weighted by atomic mass is 31.2. The van der Waals surface area contributed by atoms with E-state index in [4.69, 9.17) is 37.0 Å². The summed E-state index contributed by atoms with van der Waals surface area (Å²) < 4.78 is 68.7. The number of phosphoric ester groups is 2. The summed E-state index contributed by atoms with van der Waals surface area (Å²) in [5, 5.41) is 10.6. The van der Waals surface area contributed by atoms with Crippen LogP contribution in [0, 0.1) is 23.7 Å². The summed E-state index contributed by atoms with van der Waals surface area (Å²) >= 11 is 0. The molecule has 0 bridgehead atoms. The van der Waals surface area contributed by atoms with Gasteiger partial charge in [-0.3, -0.25) is 37.3 Å². The van der Waals surface area contributed by atoms with Crippen molar-refractivity contribution in [1.82, 2.24) is 0 Å². The average Bonchev–Trinajstić information content (AvgIpc) is 0.968. The summed E-state index contributed by atoms with van der Waals surface area (Å²) in [6, 6.07) is 0. The molecule has 0 fully saturated rings. The predicted octanol–water partition coefficient (Wildman–Crippen LogP) is 24.4. The fraction of sp³-hybridized carbons (Fsp3) is 0.951. The minimum atomic E-state index is -4.96. The maximum Gasteiger partial charge on any atom is 0.472 e. The molecule has 0 amide bonds. The van der Waals surface area contributed by atoms with Gasteiger partial charge in [0.05, 0.1) is 26.4 Å². The Hall–Kier alpha value is -1.94. The molecule has 0 saturated heterocycles. The van der Waals surface area contributed by atoms with Crippen molar-refractivity contribution in [3.63, 3.8) is 0 Å². The van der Waals surface area contributed by atoms with E-state index in [0.29, 0.717) is 31.6 Å². The average molecular weight is 1480 g/mol. The molecule has 17 nitrogen and oxygen atoms in total. The second-order valence-corrected chi connectivity index (χ2v) is 34.1. The third-order valence-electron chi connectivity index (χ3n) is 19.4. The van der Waals surface area contributed by atoms with Crippen LogP contribution in [0.2, 0.25) is 0 Å². The van der Waals surface area contributed by atoms with Crippen LogP contribution in [0.15, 0.2) is 0 Å². The molecular weight excluding hydrogens is 1320 g/mol. The van der Waals surface area contributed by atoms with Gasteiger partial charge in [0, 0.05) is 25.7 Å². The summed E-state index contributed by atoms with van der Waals surface area (Å²) in [6.07, 6.45) is 58.5. The second-order valence-electron chi connectivity index (χ2n) is 31.2. The van der Waals surface area contributed by atoms with Gasteiger partial charge in [-0.15, -0.1) is 0 Å². The molecule has 0 heterocycles. The number of phosphoric acid groups is 2. The van der Waals surface area contributed by atoms with Crippen molar-refractivity contribution in [3.05, 3.63) is 0 Å². The molecule has 0 saturated carbocycles. The first-order chi connectivity index (χ1) is 48.6. The summed E-state index contributed by atoms with van der Waals surface area (Å²) in [6.45, 7) is 14.2. The van der Waals surface area contributed by atoms with Crippen LogP contribution in [0.1, 0.15) is 421 Å². The molecular formula is C82H160O17P2. The zero-order chi connectivity index (χ0) is 74.6. The Bertz CT molecular complexity index is 1970. The topological polar surface area (TPSA) is 237 Å². The van der Waals surface area contributed by atoms with Crippen molar-refractivity contribution in [1.29, 1.82) is 0 Å². The van der Waals surface area contributed by atoms with E-state index in [1.807, 2.05) is 0 Å². The Kier molecular flexibility index (Phi) is 69.6. The molecule has 0 aliphatic heterocycles. The van der Waals surface area contributed by atoms with Gasteiger partial charge in [-0.1, -0.05) is 370 Å². The first-order valence-corrected chi connectivity index (χ1v) is 45.2. The summed E-state index contributed by atoms with van der Waals surface area (Å²) in [5.41, 5.74) is 0. The van der Waals surface area contributed by atoms with E-state index in [0.717, 1.165) is 114 Å². The van der Waals surface area contributed by atoms with Crippen molar-refractivity contribution in [3.8, 4) is 0 Å². The fourth-order valence-corrected chi connectivity index (χ4v) is 14.2. The quantitative estimate of drug-likeness (QED) is 0.0222. The number of esters is 4. The number of aliphatic hydroxyl groups excluding tert-OH is 1. The number of carbonyl (C=O) groups excluding carboxylic acids is 4. The maximum atomic E-state index is 13.1. The van der Waals surface area contributed by atoms with Crippen LogP contribution in [0.5, 0.6) is 0 Å². The Labute approximate surface area is 619 Å². The molecule has 0 aromatic heterocycles. The van der Waals surface area contributed by atoms with Gasteiger partial charge >= 0.3 is 39.5 Å². The van der Waals surface area contributed by atoms with Gasteiger partial charge in [0.2, 0.25) is 0 Å². The molecule has 0 aliphatic rings. The zero-order valence-corrected chi connectivity index (χ0v) is 68.3. The van der Waals surface area contributed by atoms with E-state index in [1.54, 1.807) is 0 Å². The summed E-state index contributed by atoms with van der Waals surface area (Å²) in [4.78, 5) is 73.0. The fourth-order valence-electron chi connectivity index (χ4n) is 12.6. The van der Waals surface area contributed by atoms with E-state index in [9.17, 15) is 43.2 Å². The molecule has 0 aromatic rings. The Morgan fingerprint density at radius 1 is 0.277 bits per heavy atom. The molecule has 3 N–H and O–H groups in total. The third-order valence-corrected chi connectivity index (χ3v) is 21.3. The van der Waals surface area contributed by atoms with E-state index < -0.39 is 97.5 Å². The molecule has 0 aromatic carbocycles. The monoisotopic (exact) mass is 1480 g/mol. The van der Waals surface area contributed by atoms with Crippen molar-refractivity contribution in [2.75, 3.05) is 39.6 Å². The Balaban J connectivity index is 5.20. The lowest BCUT2D eigenvalue weighted by molar-refractivity contribution is -0.161. The van der Waals surface area contributed by atoms with Crippen LogP contribution in [0.25, 0.3) is 0 Å². The van der Waals surface area contributed by atoms with Crippen molar-refractivity contribution in [2.24, 2.45) is 23.7 Å². The summed E-state index contributed by atoms with van der Waals surface area (Å²) in [5.74, 6) is 0.984. The first kappa shape index (κ1) is 99.1. The van der Waals surface area contributed by atoms with Crippen LogP contribution in [0.4, 0.5) is 0 Å². The van der Waals surface area contributed by atoms with Gasteiger partial charge in [0.1, 0.15) is 19.3 Å². The third kappa shape index (κ3) is 74.7. The zero-order valence-electron chi connectivity index (χ0n) is 66.5. The van der Waals surface area contributed by atoms with Gasteiger partial charge in [-0.2, -0.15) is 0 Å².